The molecule has 0 aromatic heterocycles. The van der Waals surface area contributed by atoms with Gasteiger partial charge in [0.25, 0.3) is 5.91 Å². The van der Waals surface area contributed by atoms with Crippen molar-refractivity contribution in [2.45, 2.75) is 13.8 Å². The van der Waals surface area contributed by atoms with E-state index >= 15 is 0 Å². The Balaban J connectivity index is 1.67. The number of phenolic OH excluding ortho intramolecular Hbond substituents is 1. The first-order chi connectivity index (χ1) is 12.6. The molecule has 1 saturated heterocycles. The number of hydrogen-bond acceptors (Lipinski definition) is 4. The Hall–Kier alpha value is -2.69. The fraction of sp³-hybridized carbons (Fsp3) is 0.381. The smallest absolute Gasteiger partial charge is 0.257 e. The molecule has 0 bridgehead atoms. The van der Waals surface area contributed by atoms with Gasteiger partial charge in [0.15, 0.2) is 0 Å². The molecule has 1 aliphatic rings. The molecular weight excluding hydrogens is 326 g/mol. The van der Waals surface area contributed by atoms with Gasteiger partial charge < -0.3 is 19.8 Å². The average Bonchev–Trinajstić information content (AvgIpc) is 2.69. The number of para-hydroxylation sites is 1. The van der Waals surface area contributed by atoms with E-state index in [4.69, 9.17) is 0 Å². The van der Waals surface area contributed by atoms with E-state index < -0.39 is 0 Å². The van der Waals surface area contributed by atoms with Crippen LogP contribution < -0.4 is 9.80 Å². The summed E-state index contributed by atoms with van der Waals surface area (Å²) >= 11 is 0. The van der Waals surface area contributed by atoms with Gasteiger partial charge >= 0.3 is 0 Å². The molecule has 1 fully saturated rings. The Morgan fingerprint density at radius 1 is 1.00 bits per heavy atom. The number of nitrogens with zero attached hydrogens (tertiary/aromatic N) is 3. The third kappa shape index (κ3) is 3.77. The van der Waals surface area contributed by atoms with Gasteiger partial charge in [-0.3, -0.25) is 4.79 Å². The molecule has 0 unspecified atom stereocenters. The molecule has 5 nitrogen and oxygen atoms in total. The summed E-state index contributed by atoms with van der Waals surface area (Å²) in [6, 6.07) is 15.6. The number of benzene rings is 2. The van der Waals surface area contributed by atoms with E-state index in [0.717, 1.165) is 31.9 Å². The Morgan fingerprint density at radius 3 is 2.23 bits per heavy atom. The number of anilines is 2. The molecule has 1 heterocycles. The van der Waals surface area contributed by atoms with Crippen LogP contribution in [0.1, 0.15) is 24.2 Å². The van der Waals surface area contributed by atoms with Gasteiger partial charge in [0.1, 0.15) is 5.75 Å². The predicted octanol–water partition coefficient (Wildman–Crippen LogP) is 3.20. The fourth-order valence-corrected chi connectivity index (χ4v) is 3.46. The molecule has 5 heteroatoms. The largest absolute Gasteiger partial charge is 0.507 e. The average molecular weight is 353 g/mol. The van der Waals surface area contributed by atoms with Crippen LogP contribution in [0.3, 0.4) is 0 Å². The van der Waals surface area contributed by atoms with Gasteiger partial charge in [0.05, 0.1) is 5.56 Å². The summed E-state index contributed by atoms with van der Waals surface area (Å²) in [4.78, 5) is 19.1. The van der Waals surface area contributed by atoms with Gasteiger partial charge in [-0.05, 0) is 38.1 Å². The minimum Gasteiger partial charge on any atom is -0.507 e. The van der Waals surface area contributed by atoms with Crippen molar-refractivity contribution in [3.63, 3.8) is 0 Å². The minimum absolute atomic E-state index is 0.0601. The Morgan fingerprint density at radius 2 is 1.65 bits per heavy atom. The second-order valence-corrected chi connectivity index (χ2v) is 6.49. The number of carbonyl (C=O) groups is 1. The van der Waals surface area contributed by atoms with Gasteiger partial charge in [-0.25, -0.2) is 0 Å². The van der Waals surface area contributed by atoms with Crippen molar-refractivity contribution in [3.05, 3.63) is 54.1 Å². The molecule has 3 rings (SSSR count). The van der Waals surface area contributed by atoms with Crippen LogP contribution >= 0.6 is 0 Å². The maximum absolute atomic E-state index is 12.8. The highest BCUT2D eigenvalue weighted by molar-refractivity contribution is 5.97. The summed E-state index contributed by atoms with van der Waals surface area (Å²) in [6.45, 7) is 8.80. The van der Waals surface area contributed by atoms with Crippen molar-refractivity contribution in [2.24, 2.45) is 0 Å². The van der Waals surface area contributed by atoms with Gasteiger partial charge in [-0.1, -0.05) is 18.2 Å². The Bertz CT molecular complexity index is 736. The molecule has 0 saturated carbocycles. The summed E-state index contributed by atoms with van der Waals surface area (Å²) in [7, 11) is 0. The van der Waals surface area contributed by atoms with Crippen LogP contribution in [0, 0.1) is 0 Å². The normalized spacial score (nSPS) is 14.4. The van der Waals surface area contributed by atoms with E-state index in [0.29, 0.717) is 18.7 Å². The van der Waals surface area contributed by atoms with Crippen LogP contribution in [0.25, 0.3) is 0 Å². The van der Waals surface area contributed by atoms with Crippen LogP contribution in [0.15, 0.2) is 48.5 Å². The van der Waals surface area contributed by atoms with Crippen LogP contribution in [0.4, 0.5) is 11.4 Å². The van der Waals surface area contributed by atoms with E-state index in [9.17, 15) is 9.90 Å². The summed E-state index contributed by atoms with van der Waals surface area (Å²) < 4.78 is 0. The number of amides is 1. The highest BCUT2D eigenvalue weighted by Crippen LogP contribution is 2.26. The molecule has 138 valence electrons. The van der Waals surface area contributed by atoms with E-state index in [1.54, 1.807) is 12.1 Å². The molecule has 0 atom stereocenters. The fourth-order valence-electron chi connectivity index (χ4n) is 3.46. The molecule has 2 aromatic carbocycles. The molecule has 0 aliphatic carbocycles. The predicted molar refractivity (Wildman–Crippen MR) is 106 cm³/mol. The van der Waals surface area contributed by atoms with Gasteiger partial charge in [-0.2, -0.15) is 0 Å². The number of aromatic hydroxyl groups is 1. The van der Waals surface area contributed by atoms with Crippen LogP contribution in [-0.2, 0) is 0 Å². The number of rotatable bonds is 5. The van der Waals surface area contributed by atoms with E-state index in [1.165, 1.54) is 5.69 Å². The van der Waals surface area contributed by atoms with Crippen molar-refractivity contribution in [1.29, 1.82) is 0 Å². The summed E-state index contributed by atoms with van der Waals surface area (Å²) in [5, 5.41) is 10.4. The lowest BCUT2D eigenvalue weighted by atomic mass is 10.1. The van der Waals surface area contributed by atoms with Crippen molar-refractivity contribution < 1.29 is 9.90 Å². The summed E-state index contributed by atoms with van der Waals surface area (Å²) in [5.74, 6) is -0.0359. The van der Waals surface area contributed by atoms with Crippen molar-refractivity contribution in [2.75, 3.05) is 49.1 Å². The molecule has 1 N–H and O–H groups in total. The minimum atomic E-state index is -0.0960. The van der Waals surface area contributed by atoms with Gasteiger partial charge in [0, 0.05) is 56.7 Å². The molecule has 2 aromatic rings. The van der Waals surface area contributed by atoms with Crippen molar-refractivity contribution >= 4 is 17.3 Å². The first-order valence-electron chi connectivity index (χ1n) is 9.31. The third-order valence-corrected chi connectivity index (χ3v) is 5.03. The molecule has 1 amide bonds. The number of hydrogen-bond donors (Lipinski definition) is 1. The van der Waals surface area contributed by atoms with Crippen LogP contribution in [0.5, 0.6) is 5.75 Å². The molecule has 0 spiro atoms. The molecule has 1 aliphatic heterocycles. The number of piperazine rings is 1. The summed E-state index contributed by atoms with van der Waals surface area (Å²) in [5.41, 5.74) is 2.51. The zero-order chi connectivity index (χ0) is 18.5. The first kappa shape index (κ1) is 18.1. The Kier molecular flexibility index (Phi) is 5.66. The van der Waals surface area contributed by atoms with Gasteiger partial charge in [-0.15, -0.1) is 0 Å². The number of phenols is 1. The lowest BCUT2D eigenvalue weighted by Crippen LogP contribution is -2.48. The summed E-state index contributed by atoms with van der Waals surface area (Å²) in [6.07, 6.45) is 0. The zero-order valence-electron chi connectivity index (χ0n) is 15.6. The van der Waals surface area contributed by atoms with Gasteiger partial charge in [0.2, 0.25) is 0 Å². The standard InChI is InChI=1S/C21H27N3O2/c1-3-22(4-2)18-10-11-19(20(25)16-18)21(26)24-14-12-23(13-15-24)17-8-6-5-7-9-17/h5-11,16,25H,3-4,12-15H2,1-2H3. The monoisotopic (exact) mass is 353 g/mol. The Labute approximate surface area is 155 Å². The zero-order valence-corrected chi connectivity index (χ0v) is 15.6. The molecule has 0 radical (unpaired) electrons. The maximum Gasteiger partial charge on any atom is 0.257 e. The SMILES string of the molecule is CCN(CC)c1ccc(C(=O)N2CCN(c3ccccc3)CC2)c(O)c1. The van der Waals surface area contributed by atoms with Crippen LogP contribution in [-0.4, -0.2) is 55.2 Å². The second kappa shape index (κ2) is 8.13. The number of carbonyl (C=O) groups excluding carboxylic acids is 1. The van der Waals surface area contributed by atoms with Crippen molar-refractivity contribution in [3.8, 4) is 5.75 Å². The molecular formula is C21H27N3O2. The van der Waals surface area contributed by atoms with E-state index in [1.807, 2.05) is 29.2 Å². The first-order valence-corrected chi connectivity index (χ1v) is 9.31. The second-order valence-electron chi connectivity index (χ2n) is 6.49. The lowest BCUT2D eigenvalue weighted by molar-refractivity contribution is 0.0744. The highest BCUT2D eigenvalue weighted by atomic mass is 16.3. The quantitative estimate of drug-likeness (QED) is 0.897. The molecule has 26 heavy (non-hydrogen) atoms. The topological polar surface area (TPSA) is 47.0 Å². The van der Waals surface area contributed by atoms with Crippen LogP contribution in [0.2, 0.25) is 0 Å². The maximum atomic E-state index is 12.8. The third-order valence-electron chi connectivity index (χ3n) is 5.03. The van der Waals surface area contributed by atoms with E-state index in [-0.39, 0.29) is 11.7 Å². The lowest BCUT2D eigenvalue weighted by Gasteiger charge is -2.36. The highest BCUT2D eigenvalue weighted by Gasteiger charge is 2.24. The van der Waals surface area contributed by atoms with E-state index in [2.05, 4.69) is 35.8 Å². The van der Waals surface area contributed by atoms with Crippen molar-refractivity contribution in [1.82, 2.24) is 4.90 Å².